The number of nitrogens with zero attached hydrogens (tertiary/aromatic N) is 4. The van der Waals surface area contributed by atoms with Crippen LogP contribution in [0, 0.1) is 0 Å². The summed E-state index contributed by atoms with van der Waals surface area (Å²) in [5.74, 6) is 1.59. The summed E-state index contributed by atoms with van der Waals surface area (Å²) in [6.07, 6.45) is 12.0. The zero-order chi connectivity index (χ0) is 50.8. The highest BCUT2D eigenvalue weighted by molar-refractivity contribution is 5.71. The number of carbonyl (C=O) groups excluding carboxylic acids is 1. The van der Waals surface area contributed by atoms with Crippen molar-refractivity contribution in [2.45, 2.75) is 160 Å². The minimum absolute atomic E-state index is 0.0112. The number of aliphatic carboxylic acids is 1. The van der Waals surface area contributed by atoms with E-state index in [1.807, 2.05) is 91.1 Å². The zero-order valence-corrected chi connectivity index (χ0v) is 43.9. The number of imidazole rings is 2. The largest absolute Gasteiger partial charge is 0.486 e. The van der Waals surface area contributed by atoms with Gasteiger partial charge in [0.05, 0.1) is 31.3 Å². The number of esters is 1. The van der Waals surface area contributed by atoms with E-state index in [1.54, 1.807) is 12.4 Å². The first-order valence-corrected chi connectivity index (χ1v) is 25.1. The second-order valence-corrected chi connectivity index (χ2v) is 22.3. The van der Waals surface area contributed by atoms with Gasteiger partial charge in [-0.25, -0.2) is 9.97 Å². The van der Waals surface area contributed by atoms with E-state index in [0.717, 1.165) is 34.3 Å². The number of hydrogen-bond donors (Lipinski definition) is 1. The monoisotopic (exact) mass is 949 g/mol. The van der Waals surface area contributed by atoms with Gasteiger partial charge in [-0.2, -0.15) is 0 Å². The molecular formula is C60H76N4O6. The Labute approximate surface area is 416 Å². The molecule has 1 N–H and O–H groups in total. The molecule has 0 radical (unpaired) electrons. The Kier molecular flexibility index (Phi) is 15.3. The minimum atomic E-state index is -0.847. The van der Waals surface area contributed by atoms with Gasteiger partial charge in [0.2, 0.25) is 0 Å². The van der Waals surface area contributed by atoms with Crippen LogP contribution in [0.5, 0.6) is 11.5 Å². The van der Waals surface area contributed by atoms with Crippen LogP contribution in [0.15, 0.2) is 110 Å². The maximum Gasteiger partial charge on any atom is 0.306 e. The van der Waals surface area contributed by atoms with Crippen molar-refractivity contribution in [2.24, 2.45) is 14.1 Å². The number of aromatic nitrogens is 4. The van der Waals surface area contributed by atoms with Gasteiger partial charge in [-0.05, 0) is 137 Å². The molecule has 2 aliphatic rings. The molecule has 0 amide bonds. The molecule has 2 aromatic heterocycles. The number of ether oxygens (including phenoxy) is 3. The lowest BCUT2D eigenvalue weighted by atomic mass is 9.63. The van der Waals surface area contributed by atoms with Gasteiger partial charge < -0.3 is 28.5 Å². The lowest BCUT2D eigenvalue weighted by molar-refractivity contribution is -0.143. The standard InChI is InChI=1S/C31H40N2O3.C29H36N2O3/c1-8-35-28(34)20-25(29-32-17-18-33(29)7)22-9-12-24(13-10-22)36-21(2)23-11-14-26-27(19-23)31(5,6)16-15-30(26,3)4;1-19(21-9-12-24-25(17-21)29(4,5)14-13-28(24,2)3)34-22-10-7-20(8-11-22)23(18-26(32)33)27-30-15-16-31(27)6/h9-14,17-19,21,25H,8,15-16,20H2,1-7H3;7-12,15-17,19,23H,13-14,18H2,1-6H3,(H,32,33)/t21?,25-;19?,23-/m00/s1. The number of carboxylic acid groups (broad SMARTS) is 1. The Hall–Kier alpha value is -6.16. The Morgan fingerprint density at radius 1 is 0.557 bits per heavy atom. The predicted molar refractivity (Wildman–Crippen MR) is 278 cm³/mol. The lowest BCUT2D eigenvalue weighted by Gasteiger charge is -2.42. The zero-order valence-electron chi connectivity index (χ0n) is 43.9. The molecule has 2 heterocycles. The highest BCUT2D eigenvalue weighted by atomic mass is 16.5. The molecule has 0 saturated carbocycles. The lowest BCUT2D eigenvalue weighted by Crippen LogP contribution is -2.34. The van der Waals surface area contributed by atoms with Gasteiger partial charge in [0.1, 0.15) is 35.4 Å². The fraction of sp³-hybridized carbons (Fsp3) is 0.467. The van der Waals surface area contributed by atoms with Crippen LogP contribution in [0.4, 0.5) is 0 Å². The normalized spacial score (nSPS) is 17.8. The van der Waals surface area contributed by atoms with Crippen molar-refractivity contribution in [3.8, 4) is 11.5 Å². The molecule has 10 heteroatoms. The van der Waals surface area contributed by atoms with E-state index < -0.39 is 5.97 Å². The van der Waals surface area contributed by atoms with E-state index in [1.165, 1.54) is 59.1 Å². The number of carbonyl (C=O) groups is 2. The second kappa shape index (κ2) is 20.7. The van der Waals surface area contributed by atoms with Crippen LogP contribution in [-0.4, -0.2) is 42.8 Å². The third-order valence-corrected chi connectivity index (χ3v) is 15.3. The number of benzene rings is 4. The predicted octanol–water partition coefficient (Wildman–Crippen LogP) is 13.5. The average Bonchev–Trinajstić information content (AvgIpc) is 3.95. The van der Waals surface area contributed by atoms with Crippen molar-refractivity contribution in [2.75, 3.05) is 6.61 Å². The average molecular weight is 949 g/mol. The molecule has 4 atom stereocenters. The number of hydrogen-bond acceptors (Lipinski definition) is 7. The van der Waals surface area contributed by atoms with Crippen LogP contribution < -0.4 is 9.47 Å². The van der Waals surface area contributed by atoms with Crippen molar-refractivity contribution >= 4 is 11.9 Å². The highest BCUT2D eigenvalue weighted by Crippen LogP contribution is 2.48. The molecule has 70 heavy (non-hydrogen) atoms. The molecular weight excluding hydrogens is 873 g/mol. The smallest absolute Gasteiger partial charge is 0.306 e. The number of rotatable bonds is 15. The quantitative estimate of drug-likeness (QED) is 0.101. The molecule has 0 spiro atoms. The molecule has 0 fully saturated rings. The first-order valence-electron chi connectivity index (χ1n) is 25.1. The Bertz CT molecular complexity index is 2760. The summed E-state index contributed by atoms with van der Waals surface area (Å²) < 4.78 is 21.7. The molecule has 2 unspecified atom stereocenters. The molecule has 2 aliphatic carbocycles. The Morgan fingerprint density at radius 3 is 1.26 bits per heavy atom. The summed E-state index contributed by atoms with van der Waals surface area (Å²) in [6, 6.07) is 29.5. The highest BCUT2D eigenvalue weighted by Gasteiger charge is 2.39. The van der Waals surface area contributed by atoms with Gasteiger partial charge in [0.25, 0.3) is 0 Å². The first-order chi connectivity index (χ1) is 33.0. The van der Waals surface area contributed by atoms with E-state index in [0.29, 0.717) is 6.61 Å². The van der Waals surface area contributed by atoms with Crippen LogP contribution in [0.1, 0.15) is 195 Å². The third kappa shape index (κ3) is 11.5. The topological polar surface area (TPSA) is 118 Å². The number of carboxylic acids is 1. The Morgan fingerprint density at radius 2 is 0.914 bits per heavy atom. The van der Waals surface area contributed by atoms with Crippen LogP contribution in [0.2, 0.25) is 0 Å². The van der Waals surface area contributed by atoms with E-state index >= 15 is 0 Å². The summed E-state index contributed by atoms with van der Waals surface area (Å²) in [6.45, 7) is 25.1. The number of aryl methyl sites for hydroxylation is 2. The summed E-state index contributed by atoms with van der Waals surface area (Å²) in [5.41, 5.74) is 10.8. The molecule has 10 nitrogen and oxygen atoms in total. The van der Waals surface area contributed by atoms with Gasteiger partial charge in [-0.3, -0.25) is 9.59 Å². The number of fused-ring (bicyclic) bond motifs is 2. The minimum Gasteiger partial charge on any atom is -0.486 e. The molecule has 0 aliphatic heterocycles. The van der Waals surface area contributed by atoms with Crippen LogP contribution >= 0.6 is 0 Å². The SMILES string of the molecule is CC(Oc1ccc([C@H](CC(=O)O)c2nccn2C)cc1)c1ccc2c(c1)C(C)(C)CCC2(C)C.CCOC(=O)C[C@@H](c1ccc(OC(C)c2ccc3c(c2)C(C)(C)CCC3(C)C)cc1)c1nccn1C. The summed E-state index contributed by atoms with van der Waals surface area (Å²) >= 11 is 0. The van der Waals surface area contributed by atoms with E-state index in [-0.39, 0.29) is 64.5 Å². The third-order valence-electron chi connectivity index (χ3n) is 15.3. The van der Waals surface area contributed by atoms with Crippen LogP contribution in [-0.2, 0) is 50.1 Å². The molecule has 8 rings (SSSR count). The molecule has 6 aromatic rings. The first kappa shape index (κ1) is 51.7. The van der Waals surface area contributed by atoms with E-state index in [9.17, 15) is 14.7 Å². The van der Waals surface area contributed by atoms with Crippen molar-refractivity contribution in [3.63, 3.8) is 0 Å². The maximum absolute atomic E-state index is 12.3. The fourth-order valence-electron chi connectivity index (χ4n) is 10.5. The van der Waals surface area contributed by atoms with Crippen molar-refractivity contribution in [1.82, 2.24) is 19.1 Å². The van der Waals surface area contributed by atoms with Gasteiger partial charge in [-0.15, -0.1) is 0 Å². The molecule has 0 saturated heterocycles. The maximum atomic E-state index is 12.3. The summed E-state index contributed by atoms with van der Waals surface area (Å²) in [5, 5.41) is 9.43. The second-order valence-electron chi connectivity index (χ2n) is 22.3. The van der Waals surface area contributed by atoms with Crippen LogP contribution in [0.3, 0.4) is 0 Å². The van der Waals surface area contributed by atoms with Crippen molar-refractivity contribution in [3.05, 3.63) is 166 Å². The summed E-state index contributed by atoms with van der Waals surface area (Å²) in [7, 11) is 3.83. The van der Waals surface area contributed by atoms with Gasteiger partial charge >= 0.3 is 11.9 Å². The summed E-state index contributed by atoms with van der Waals surface area (Å²) in [4.78, 5) is 32.7. The van der Waals surface area contributed by atoms with Gasteiger partial charge in [0, 0.05) is 38.9 Å². The van der Waals surface area contributed by atoms with Gasteiger partial charge in [0.15, 0.2) is 0 Å². The van der Waals surface area contributed by atoms with Crippen molar-refractivity contribution in [1.29, 1.82) is 0 Å². The molecule has 4 aromatic carbocycles. The Balaban J connectivity index is 0.000000207. The molecule has 372 valence electrons. The van der Waals surface area contributed by atoms with Crippen molar-refractivity contribution < 1.29 is 28.9 Å². The molecule has 0 bridgehead atoms. The van der Waals surface area contributed by atoms with Gasteiger partial charge in [-0.1, -0.05) is 116 Å². The van der Waals surface area contributed by atoms with Crippen LogP contribution in [0.25, 0.3) is 0 Å². The van der Waals surface area contributed by atoms with E-state index in [2.05, 4.69) is 116 Å². The fourth-order valence-corrected chi connectivity index (χ4v) is 10.5. The van der Waals surface area contributed by atoms with E-state index in [4.69, 9.17) is 14.2 Å².